The van der Waals surface area contributed by atoms with Crippen molar-refractivity contribution in [2.45, 2.75) is 90.9 Å². The van der Waals surface area contributed by atoms with Gasteiger partial charge in [-0.25, -0.2) is 9.59 Å². The number of carbonyl (C=O) groups is 2. The van der Waals surface area contributed by atoms with Gasteiger partial charge in [0.1, 0.15) is 0 Å². The number of nitrogens with one attached hydrogen (secondary N) is 1. The molecule has 0 saturated carbocycles. The van der Waals surface area contributed by atoms with E-state index >= 15 is 0 Å². The molecule has 0 aliphatic heterocycles. The summed E-state index contributed by atoms with van der Waals surface area (Å²) < 4.78 is 10.7. The molecule has 182 valence electrons. The van der Waals surface area contributed by atoms with Gasteiger partial charge in [-0.3, -0.25) is 5.41 Å². The van der Waals surface area contributed by atoms with Crippen molar-refractivity contribution in [3.63, 3.8) is 0 Å². The monoisotopic (exact) mass is 449 g/mol. The summed E-state index contributed by atoms with van der Waals surface area (Å²) in [6.45, 7) is 5.17. The van der Waals surface area contributed by atoms with Gasteiger partial charge in [-0.1, -0.05) is 90.2 Å². The van der Waals surface area contributed by atoms with Gasteiger partial charge in [-0.2, -0.15) is 0 Å². The second kappa shape index (κ2) is 20.3. The van der Waals surface area contributed by atoms with Gasteiger partial charge in [0.15, 0.2) is 5.96 Å². The Labute approximate surface area is 193 Å². The fraction of sp³-hybridized carbons (Fsp3) is 0.640. The molecule has 1 aromatic carbocycles. The molecule has 0 amide bonds. The highest BCUT2D eigenvalue weighted by Crippen LogP contribution is 2.14. The van der Waals surface area contributed by atoms with Crippen molar-refractivity contribution in [2.75, 3.05) is 13.2 Å². The first-order chi connectivity index (χ1) is 15.4. The Balaban J connectivity index is 0.00000220. The van der Waals surface area contributed by atoms with Gasteiger partial charge in [-0.15, -0.1) is 0 Å². The molecule has 0 aromatic heterocycles. The van der Waals surface area contributed by atoms with Crippen LogP contribution in [0.3, 0.4) is 0 Å². The second-order valence-corrected chi connectivity index (χ2v) is 7.81. The fourth-order valence-electron chi connectivity index (χ4n) is 3.09. The number of carbonyl (C=O) groups excluding carboxylic acids is 2. The molecule has 0 aliphatic carbocycles. The molecular weight excluding hydrogens is 406 g/mol. The zero-order chi connectivity index (χ0) is 24.0. The number of ether oxygens (including phenoxy) is 2. The Bertz CT molecular complexity index is 597. The zero-order valence-electron chi connectivity index (χ0n) is 20.0. The maximum absolute atomic E-state index is 12.4. The van der Waals surface area contributed by atoms with E-state index in [1.54, 1.807) is 24.3 Å². The van der Waals surface area contributed by atoms with Crippen molar-refractivity contribution in [2.24, 2.45) is 11.5 Å². The SMILES string of the molecule is CCCCCCCCOC(=O)c1ccccc1C(=O)OCCCCCCCC.N=C(N)N. The first-order valence-corrected chi connectivity index (χ1v) is 12.0. The molecule has 32 heavy (non-hydrogen) atoms. The predicted octanol–water partition coefficient (Wildman–Crippen LogP) is 5.56. The van der Waals surface area contributed by atoms with E-state index in [9.17, 15) is 9.59 Å². The average Bonchev–Trinajstić information content (AvgIpc) is 2.77. The molecule has 0 saturated heterocycles. The molecule has 5 N–H and O–H groups in total. The Morgan fingerprint density at radius 2 is 1.00 bits per heavy atom. The molecule has 0 radical (unpaired) electrons. The van der Waals surface area contributed by atoms with E-state index in [4.69, 9.17) is 14.9 Å². The van der Waals surface area contributed by atoms with Crippen LogP contribution in [0, 0.1) is 5.41 Å². The van der Waals surface area contributed by atoms with Crippen LogP contribution in [-0.2, 0) is 9.47 Å². The summed E-state index contributed by atoms with van der Waals surface area (Å²) in [6.07, 6.45) is 13.6. The van der Waals surface area contributed by atoms with E-state index < -0.39 is 11.9 Å². The topological polar surface area (TPSA) is 128 Å². The third-order valence-corrected chi connectivity index (χ3v) is 4.83. The Morgan fingerprint density at radius 3 is 1.34 bits per heavy atom. The molecule has 0 fully saturated rings. The van der Waals surface area contributed by atoms with Crippen LogP contribution in [0.5, 0.6) is 0 Å². The van der Waals surface area contributed by atoms with Crippen LogP contribution in [-0.4, -0.2) is 31.1 Å². The van der Waals surface area contributed by atoms with Crippen molar-refractivity contribution < 1.29 is 19.1 Å². The van der Waals surface area contributed by atoms with Gasteiger partial charge in [0, 0.05) is 0 Å². The molecule has 7 heteroatoms. The molecule has 0 unspecified atom stereocenters. The summed E-state index contributed by atoms with van der Waals surface area (Å²) in [5.41, 5.74) is 9.53. The lowest BCUT2D eigenvalue weighted by Gasteiger charge is -2.10. The van der Waals surface area contributed by atoms with E-state index in [0.717, 1.165) is 25.7 Å². The first-order valence-electron chi connectivity index (χ1n) is 12.0. The van der Waals surface area contributed by atoms with Crippen LogP contribution in [0.4, 0.5) is 0 Å². The van der Waals surface area contributed by atoms with Gasteiger partial charge in [0.05, 0.1) is 24.3 Å². The summed E-state index contributed by atoms with van der Waals surface area (Å²) in [5.74, 6) is -1.22. The van der Waals surface area contributed by atoms with Gasteiger partial charge in [-0.05, 0) is 25.0 Å². The lowest BCUT2D eigenvalue weighted by Crippen LogP contribution is -2.20. The molecule has 0 heterocycles. The van der Waals surface area contributed by atoms with E-state index in [1.807, 2.05) is 0 Å². The van der Waals surface area contributed by atoms with Crippen LogP contribution < -0.4 is 11.5 Å². The third-order valence-electron chi connectivity index (χ3n) is 4.83. The molecule has 0 aliphatic rings. The highest BCUT2D eigenvalue weighted by molar-refractivity contribution is 6.03. The van der Waals surface area contributed by atoms with Crippen LogP contribution in [0.15, 0.2) is 24.3 Å². The highest BCUT2D eigenvalue weighted by Gasteiger charge is 2.18. The number of esters is 2. The summed E-state index contributed by atoms with van der Waals surface area (Å²) in [7, 11) is 0. The summed E-state index contributed by atoms with van der Waals surface area (Å²) >= 11 is 0. The molecule has 1 aromatic rings. The average molecular weight is 450 g/mol. The fourth-order valence-corrected chi connectivity index (χ4v) is 3.09. The number of unbranched alkanes of at least 4 members (excludes halogenated alkanes) is 10. The lowest BCUT2D eigenvalue weighted by atomic mass is 10.1. The van der Waals surface area contributed by atoms with Crippen molar-refractivity contribution >= 4 is 17.9 Å². The van der Waals surface area contributed by atoms with Gasteiger partial charge < -0.3 is 20.9 Å². The number of nitrogens with two attached hydrogens (primary N) is 2. The van der Waals surface area contributed by atoms with Crippen LogP contribution in [0.1, 0.15) is 112 Å². The largest absolute Gasteiger partial charge is 0.462 e. The Kier molecular flexibility index (Phi) is 18.7. The highest BCUT2D eigenvalue weighted by atomic mass is 16.5. The molecule has 0 bridgehead atoms. The van der Waals surface area contributed by atoms with E-state index in [-0.39, 0.29) is 5.96 Å². The lowest BCUT2D eigenvalue weighted by molar-refractivity contribution is 0.0450. The maximum Gasteiger partial charge on any atom is 0.339 e. The van der Waals surface area contributed by atoms with E-state index in [2.05, 4.69) is 25.3 Å². The summed E-state index contributed by atoms with van der Waals surface area (Å²) in [4.78, 5) is 24.7. The number of guanidine groups is 1. The third kappa shape index (κ3) is 16.2. The second-order valence-electron chi connectivity index (χ2n) is 7.81. The van der Waals surface area contributed by atoms with Gasteiger partial charge in [0.2, 0.25) is 0 Å². The zero-order valence-corrected chi connectivity index (χ0v) is 20.0. The molecule has 0 spiro atoms. The molecule has 1 rings (SSSR count). The van der Waals surface area contributed by atoms with Crippen molar-refractivity contribution in [3.8, 4) is 0 Å². The minimum atomic E-state index is -0.444. The quantitative estimate of drug-likeness (QED) is 0.131. The van der Waals surface area contributed by atoms with Crippen LogP contribution in [0.25, 0.3) is 0 Å². The van der Waals surface area contributed by atoms with Crippen LogP contribution in [0.2, 0.25) is 0 Å². The predicted molar refractivity (Wildman–Crippen MR) is 130 cm³/mol. The Hall–Kier alpha value is -2.57. The van der Waals surface area contributed by atoms with Crippen molar-refractivity contribution in [1.29, 1.82) is 5.41 Å². The molecule has 7 nitrogen and oxygen atoms in total. The number of hydrogen-bond donors (Lipinski definition) is 3. The normalized spacial score (nSPS) is 10.1. The van der Waals surface area contributed by atoms with E-state index in [1.165, 1.54) is 51.4 Å². The van der Waals surface area contributed by atoms with Gasteiger partial charge >= 0.3 is 11.9 Å². The minimum absolute atomic E-state index is 0.293. The number of rotatable bonds is 16. The standard InChI is InChI=1S/C24H38O4.CH5N3/c1-3-5-7-9-11-15-19-27-23(25)21-17-13-14-18-22(21)24(26)28-20-16-12-10-8-6-4-2;2-1(3)4/h13-14,17-18H,3-12,15-16,19-20H2,1-2H3;(H5,2,3,4). The number of hydrogen-bond acceptors (Lipinski definition) is 5. The molecular formula is C25H43N3O4. The minimum Gasteiger partial charge on any atom is -0.462 e. The Morgan fingerprint density at radius 1 is 0.688 bits per heavy atom. The van der Waals surface area contributed by atoms with Crippen molar-refractivity contribution in [1.82, 2.24) is 0 Å². The van der Waals surface area contributed by atoms with Crippen LogP contribution >= 0.6 is 0 Å². The maximum atomic E-state index is 12.4. The smallest absolute Gasteiger partial charge is 0.339 e. The summed E-state index contributed by atoms with van der Waals surface area (Å²) in [5, 5.41) is 6.06. The first kappa shape index (κ1) is 29.4. The van der Waals surface area contributed by atoms with Crippen molar-refractivity contribution in [3.05, 3.63) is 35.4 Å². The number of benzene rings is 1. The molecule has 0 atom stereocenters. The van der Waals surface area contributed by atoms with E-state index in [0.29, 0.717) is 24.3 Å². The summed E-state index contributed by atoms with van der Waals surface area (Å²) in [6, 6.07) is 6.74. The van der Waals surface area contributed by atoms with Gasteiger partial charge in [0.25, 0.3) is 0 Å².